The van der Waals surface area contributed by atoms with Crippen molar-refractivity contribution in [2.24, 2.45) is 0 Å². The summed E-state index contributed by atoms with van der Waals surface area (Å²) < 4.78 is 71.1. The summed E-state index contributed by atoms with van der Waals surface area (Å²) in [4.78, 5) is 10.0. The minimum absolute atomic E-state index is 0.0173. The highest BCUT2D eigenvalue weighted by Gasteiger charge is 2.25. The molecule has 0 fully saturated rings. The number of aromatic hydroxyl groups is 1. The molecule has 7 aromatic carbocycles. The number of rotatable bonds is 7. The highest BCUT2D eigenvalue weighted by atomic mass is 16.3. The minimum atomic E-state index is -2.58. The molecule has 0 atom stereocenters. The van der Waals surface area contributed by atoms with Crippen molar-refractivity contribution in [3.63, 3.8) is 0 Å². The van der Waals surface area contributed by atoms with Crippen molar-refractivity contribution >= 4 is 11.0 Å². The van der Waals surface area contributed by atoms with Gasteiger partial charge in [0.2, 0.25) is 0 Å². The molecule has 9 aromatic rings. The van der Waals surface area contributed by atoms with Crippen LogP contribution >= 0.6 is 0 Å². The molecule has 300 valence electrons. The van der Waals surface area contributed by atoms with Gasteiger partial charge in [-0.1, -0.05) is 157 Å². The van der Waals surface area contributed by atoms with E-state index in [1.807, 2.05) is 65.2 Å². The number of para-hydroxylation sites is 2. The quantitative estimate of drug-likeness (QED) is 0.175. The lowest BCUT2D eigenvalue weighted by Crippen LogP contribution is -2.13. The van der Waals surface area contributed by atoms with Gasteiger partial charge in [0, 0.05) is 21.4 Å². The molecule has 0 bridgehead atoms. The molecule has 4 heteroatoms. The van der Waals surface area contributed by atoms with E-state index in [1.165, 1.54) is 0 Å². The summed E-state index contributed by atoms with van der Waals surface area (Å²) in [5, 5.41) is 11.5. The summed E-state index contributed by atoms with van der Waals surface area (Å²) in [5.41, 5.74) is 10.6. The Labute approximate surface area is 371 Å². The third-order valence-electron chi connectivity index (χ3n) is 11.3. The predicted molar refractivity (Wildman–Crippen MR) is 255 cm³/mol. The molecule has 1 N–H and O–H groups in total. The molecule has 0 radical (unpaired) electrons. The van der Waals surface area contributed by atoms with Gasteiger partial charge in [0.05, 0.1) is 34.8 Å². The molecule has 0 amide bonds. The molecular formula is C57H51N3O. The van der Waals surface area contributed by atoms with E-state index in [4.69, 9.17) is 20.9 Å². The third kappa shape index (κ3) is 7.55. The number of imidazole rings is 1. The second-order valence-electron chi connectivity index (χ2n) is 17.5. The molecule has 0 aliphatic carbocycles. The standard InChI is InChI=1S/C57H51N3O/c1-37-32-41(53-45(39-20-12-9-13-21-39)23-16-25-48(53)57(5,6)7)28-29-50(37)60-51-26-17-24-46(54(51)59-55(60)47-22-14-15-27-52(47)61)42-33-43(35-44(34-42)56(2,3)4)49-36-40(30-31-58-49)38-18-10-8-11-19-38/h8-36,61H,1-7H3/i1D3,8D,10D,11D,18D,19D. The first-order valence-electron chi connectivity index (χ1n) is 24.5. The number of aromatic nitrogens is 3. The Morgan fingerprint density at radius 1 is 0.574 bits per heavy atom. The van der Waals surface area contributed by atoms with Gasteiger partial charge in [-0.25, -0.2) is 4.98 Å². The van der Waals surface area contributed by atoms with Crippen LogP contribution in [0.15, 0.2) is 176 Å². The van der Waals surface area contributed by atoms with Gasteiger partial charge in [-0.3, -0.25) is 9.55 Å². The normalized spacial score (nSPS) is 14.0. The summed E-state index contributed by atoms with van der Waals surface area (Å²) in [7, 11) is 0. The number of phenolic OH excluding ortho intramolecular Hbond substituents is 1. The average Bonchev–Trinajstić information content (AvgIpc) is 3.71. The second kappa shape index (κ2) is 15.5. The summed E-state index contributed by atoms with van der Waals surface area (Å²) in [6, 6.07) is 42.3. The van der Waals surface area contributed by atoms with Gasteiger partial charge in [-0.2, -0.15) is 0 Å². The van der Waals surface area contributed by atoms with Crippen LogP contribution in [0.25, 0.3) is 83.9 Å². The molecule has 4 nitrogen and oxygen atoms in total. The number of aryl methyl sites for hydroxylation is 1. The van der Waals surface area contributed by atoms with E-state index in [0.717, 1.165) is 50.1 Å². The van der Waals surface area contributed by atoms with E-state index in [1.54, 1.807) is 42.6 Å². The molecule has 2 aromatic heterocycles. The van der Waals surface area contributed by atoms with Gasteiger partial charge < -0.3 is 5.11 Å². The summed E-state index contributed by atoms with van der Waals surface area (Å²) in [6.07, 6.45) is 1.58. The molecule has 9 rings (SSSR count). The SMILES string of the molecule is [2H]c1c([2H])c([2H])c(-c2ccnc(-c3cc(-c4cccc5c4nc(-c4ccccc4O)n5-c4ccc(-c5c(-c6ccccc6)cccc5C(C)(C)C)cc4C([2H])([2H])[2H])cc(C(C)(C)C)c3)c2)c([2H])c1[2H]. The summed E-state index contributed by atoms with van der Waals surface area (Å²) >= 11 is 0. The van der Waals surface area contributed by atoms with E-state index < -0.39 is 25.0 Å². The predicted octanol–water partition coefficient (Wildman–Crippen LogP) is 15.0. The summed E-state index contributed by atoms with van der Waals surface area (Å²) in [6.45, 7) is 10.2. The molecule has 0 spiro atoms. The molecule has 0 aliphatic rings. The minimum Gasteiger partial charge on any atom is -0.507 e. The van der Waals surface area contributed by atoms with Crippen molar-refractivity contribution in [2.45, 2.75) is 59.2 Å². The van der Waals surface area contributed by atoms with Crippen LogP contribution in [-0.2, 0) is 10.8 Å². The Bertz CT molecular complexity index is 3440. The average molecular weight is 802 g/mol. The molecule has 2 heterocycles. The van der Waals surface area contributed by atoms with Crippen LogP contribution in [0.2, 0.25) is 0 Å². The van der Waals surface area contributed by atoms with E-state index in [0.29, 0.717) is 39.4 Å². The van der Waals surface area contributed by atoms with Crippen molar-refractivity contribution in [2.75, 3.05) is 0 Å². The van der Waals surface area contributed by atoms with Gasteiger partial charge in [0.15, 0.2) is 0 Å². The van der Waals surface area contributed by atoms with Crippen molar-refractivity contribution in [3.8, 4) is 78.6 Å². The maximum absolute atomic E-state index is 11.5. The van der Waals surface area contributed by atoms with Crippen LogP contribution in [0.4, 0.5) is 0 Å². The number of hydrogen-bond donors (Lipinski definition) is 1. The van der Waals surface area contributed by atoms with Crippen molar-refractivity contribution in [3.05, 3.63) is 193 Å². The first-order valence-corrected chi connectivity index (χ1v) is 20.5. The zero-order chi connectivity index (χ0) is 49.3. The van der Waals surface area contributed by atoms with Crippen LogP contribution in [0.1, 0.15) is 69.2 Å². The number of hydrogen-bond acceptors (Lipinski definition) is 3. The first kappa shape index (κ1) is 30.9. The lowest BCUT2D eigenvalue weighted by Gasteiger charge is -2.26. The molecule has 0 unspecified atom stereocenters. The van der Waals surface area contributed by atoms with E-state index in [-0.39, 0.29) is 39.8 Å². The maximum Gasteiger partial charge on any atom is 0.149 e. The lowest BCUT2D eigenvalue weighted by molar-refractivity contribution is 0.477. The molecule has 0 saturated carbocycles. The van der Waals surface area contributed by atoms with Gasteiger partial charge in [-0.15, -0.1) is 0 Å². The third-order valence-corrected chi connectivity index (χ3v) is 11.3. The number of nitrogens with zero attached hydrogens (tertiary/aromatic N) is 3. The van der Waals surface area contributed by atoms with Crippen molar-refractivity contribution in [1.29, 1.82) is 0 Å². The van der Waals surface area contributed by atoms with Crippen LogP contribution < -0.4 is 0 Å². The van der Waals surface area contributed by atoms with Crippen LogP contribution in [-0.4, -0.2) is 19.6 Å². The Morgan fingerprint density at radius 3 is 2.05 bits per heavy atom. The highest BCUT2D eigenvalue weighted by Crippen LogP contribution is 2.44. The number of phenols is 1. The lowest BCUT2D eigenvalue weighted by atomic mass is 9.78. The highest BCUT2D eigenvalue weighted by molar-refractivity contribution is 5.97. The molecule has 61 heavy (non-hydrogen) atoms. The monoisotopic (exact) mass is 801 g/mol. The Morgan fingerprint density at radius 2 is 1.30 bits per heavy atom. The largest absolute Gasteiger partial charge is 0.507 e. The Hall–Kier alpha value is -7.04. The van der Waals surface area contributed by atoms with Crippen LogP contribution in [0.3, 0.4) is 0 Å². The molecule has 0 aliphatic heterocycles. The number of benzene rings is 7. The van der Waals surface area contributed by atoms with Crippen LogP contribution in [0, 0.1) is 6.85 Å². The Kier molecular flexibility index (Phi) is 7.87. The van der Waals surface area contributed by atoms with E-state index >= 15 is 0 Å². The van der Waals surface area contributed by atoms with Crippen molar-refractivity contribution < 1.29 is 16.1 Å². The fraction of sp³-hybridized carbons (Fsp3) is 0.158. The number of fused-ring (bicyclic) bond motifs is 1. The first-order chi connectivity index (χ1) is 32.6. The van der Waals surface area contributed by atoms with Gasteiger partial charge >= 0.3 is 0 Å². The number of pyridine rings is 1. The maximum atomic E-state index is 11.5. The van der Waals surface area contributed by atoms with E-state index in [9.17, 15) is 5.11 Å². The van der Waals surface area contributed by atoms with Gasteiger partial charge in [0.25, 0.3) is 0 Å². The second-order valence-corrected chi connectivity index (χ2v) is 17.5. The fourth-order valence-electron chi connectivity index (χ4n) is 8.15. The topological polar surface area (TPSA) is 50.9 Å². The van der Waals surface area contributed by atoms with Crippen LogP contribution in [0.5, 0.6) is 5.75 Å². The zero-order valence-electron chi connectivity index (χ0n) is 43.1. The summed E-state index contributed by atoms with van der Waals surface area (Å²) in [5.74, 6) is 0.338. The van der Waals surface area contributed by atoms with Crippen molar-refractivity contribution in [1.82, 2.24) is 14.5 Å². The van der Waals surface area contributed by atoms with Gasteiger partial charge in [-0.05, 0) is 128 Å². The van der Waals surface area contributed by atoms with E-state index in [2.05, 4.69) is 84.0 Å². The molecule has 0 saturated heterocycles. The fourth-order valence-corrected chi connectivity index (χ4v) is 8.15. The smallest absolute Gasteiger partial charge is 0.149 e. The Balaban J connectivity index is 1.29. The van der Waals surface area contributed by atoms with Gasteiger partial charge in [0.1, 0.15) is 11.6 Å². The zero-order valence-corrected chi connectivity index (χ0v) is 35.1. The molecular weight excluding hydrogens is 743 g/mol.